The van der Waals surface area contributed by atoms with E-state index in [2.05, 4.69) is 10.6 Å². The Labute approximate surface area is 135 Å². The molecule has 1 aromatic rings. The van der Waals surface area contributed by atoms with Gasteiger partial charge in [0.2, 0.25) is 0 Å². The van der Waals surface area contributed by atoms with Crippen molar-refractivity contribution >= 4 is 12.0 Å². The molecule has 126 valence electrons. The van der Waals surface area contributed by atoms with Crippen LogP contribution in [-0.4, -0.2) is 34.9 Å². The van der Waals surface area contributed by atoms with Gasteiger partial charge in [0.25, 0.3) is 0 Å². The molecule has 2 unspecified atom stereocenters. The number of urea groups is 1. The van der Waals surface area contributed by atoms with Gasteiger partial charge < -0.3 is 20.8 Å². The molecule has 0 bridgehead atoms. The van der Waals surface area contributed by atoms with Gasteiger partial charge in [0.05, 0.1) is 11.7 Å². The quantitative estimate of drug-likeness (QED) is 0.668. The number of carbonyl (C=O) groups excluding carboxylic acids is 1. The number of hydrogen-bond acceptors (Lipinski definition) is 3. The Morgan fingerprint density at radius 2 is 1.91 bits per heavy atom. The molecule has 2 atom stereocenters. The van der Waals surface area contributed by atoms with Gasteiger partial charge in [-0.2, -0.15) is 0 Å². The molecule has 1 saturated carbocycles. The van der Waals surface area contributed by atoms with E-state index in [0.717, 1.165) is 31.2 Å². The number of carbonyl (C=O) groups is 2. The second-order valence-corrected chi connectivity index (χ2v) is 6.45. The first-order valence-corrected chi connectivity index (χ1v) is 7.93. The number of amides is 2. The molecule has 0 spiro atoms. The monoisotopic (exact) mass is 320 g/mol. The van der Waals surface area contributed by atoms with E-state index in [-0.39, 0.29) is 23.1 Å². The molecular weight excluding hydrogens is 296 g/mol. The summed E-state index contributed by atoms with van der Waals surface area (Å²) in [4.78, 5) is 22.7. The smallest absolute Gasteiger partial charge is 0.335 e. The van der Waals surface area contributed by atoms with Gasteiger partial charge in [-0.15, -0.1) is 0 Å². The maximum atomic E-state index is 11.9. The average molecular weight is 320 g/mol. The van der Waals surface area contributed by atoms with E-state index in [1.54, 1.807) is 12.1 Å². The number of aromatic carboxylic acids is 1. The fourth-order valence-corrected chi connectivity index (χ4v) is 2.88. The summed E-state index contributed by atoms with van der Waals surface area (Å²) in [5.74, 6) is -0.971. The number of aliphatic hydroxyl groups is 1. The maximum absolute atomic E-state index is 11.9. The minimum Gasteiger partial charge on any atom is -0.478 e. The minimum absolute atomic E-state index is 0.220. The lowest BCUT2D eigenvalue weighted by Gasteiger charge is -2.38. The van der Waals surface area contributed by atoms with Gasteiger partial charge in [0.1, 0.15) is 0 Å². The molecule has 1 fully saturated rings. The molecule has 0 aliphatic heterocycles. The molecule has 2 rings (SSSR count). The van der Waals surface area contributed by atoms with Gasteiger partial charge in [0.15, 0.2) is 0 Å². The second kappa shape index (κ2) is 7.46. The molecule has 6 heteroatoms. The summed E-state index contributed by atoms with van der Waals surface area (Å²) < 4.78 is 0. The normalized spacial score (nSPS) is 24.0. The Morgan fingerprint density at radius 3 is 2.52 bits per heavy atom. The Kier molecular flexibility index (Phi) is 5.60. The lowest BCUT2D eigenvalue weighted by molar-refractivity contribution is 0.00308. The van der Waals surface area contributed by atoms with Crippen LogP contribution in [0, 0.1) is 5.41 Å². The van der Waals surface area contributed by atoms with E-state index in [1.807, 2.05) is 6.92 Å². The van der Waals surface area contributed by atoms with Crippen molar-refractivity contribution in [3.63, 3.8) is 0 Å². The van der Waals surface area contributed by atoms with Crippen LogP contribution in [0.5, 0.6) is 0 Å². The van der Waals surface area contributed by atoms with E-state index in [4.69, 9.17) is 5.11 Å². The molecular formula is C17H24N2O4. The number of rotatable bonds is 5. The Bertz CT molecular complexity index is 558. The van der Waals surface area contributed by atoms with Crippen LogP contribution in [0.25, 0.3) is 0 Å². The van der Waals surface area contributed by atoms with E-state index < -0.39 is 5.97 Å². The summed E-state index contributed by atoms with van der Waals surface area (Å²) in [6.45, 7) is 2.77. The van der Waals surface area contributed by atoms with Crippen molar-refractivity contribution in [1.82, 2.24) is 10.6 Å². The maximum Gasteiger partial charge on any atom is 0.335 e. The van der Waals surface area contributed by atoms with Crippen LogP contribution in [0.4, 0.5) is 4.79 Å². The zero-order chi connectivity index (χ0) is 16.9. The van der Waals surface area contributed by atoms with Crippen molar-refractivity contribution in [1.29, 1.82) is 0 Å². The molecule has 0 saturated heterocycles. The van der Waals surface area contributed by atoms with Gasteiger partial charge >= 0.3 is 12.0 Å². The highest BCUT2D eigenvalue weighted by atomic mass is 16.4. The summed E-state index contributed by atoms with van der Waals surface area (Å²) in [5.41, 5.74) is 0.783. The topological polar surface area (TPSA) is 98.7 Å². The molecule has 1 aliphatic rings. The number of benzene rings is 1. The van der Waals surface area contributed by atoms with Crippen molar-refractivity contribution in [2.24, 2.45) is 5.41 Å². The lowest BCUT2D eigenvalue weighted by Crippen LogP contribution is -2.47. The third-order valence-electron chi connectivity index (χ3n) is 4.59. The number of aliphatic hydroxyl groups excluding tert-OH is 1. The summed E-state index contributed by atoms with van der Waals surface area (Å²) in [6.07, 6.45) is 3.43. The molecule has 4 N–H and O–H groups in total. The number of nitrogens with one attached hydrogen (secondary N) is 2. The number of carboxylic acid groups (broad SMARTS) is 1. The highest BCUT2D eigenvalue weighted by Crippen LogP contribution is 2.35. The highest BCUT2D eigenvalue weighted by molar-refractivity contribution is 5.87. The third kappa shape index (κ3) is 4.69. The largest absolute Gasteiger partial charge is 0.478 e. The summed E-state index contributed by atoms with van der Waals surface area (Å²) in [5, 5.41) is 24.5. The van der Waals surface area contributed by atoms with Gasteiger partial charge in [-0.25, -0.2) is 9.59 Å². The average Bonchev–Trinajstić information content (AvgIpc) is 2.54. The molecule has 1 aromatic carbocycles. The van der Waals surface area contributed by atoms with Crippen LogP contribution < -0.4 is 10.6 Å². The van der Waals surface area contributed by atoms with Crippen molar-refractivity contribution in [2.45, 2.75) is 45.3 Å². The van der Waals surface area contributed by atoms with Crippen LogP contribution in [0.2, 0.25) is 0 Å². The Hall–Kier alpha value is -2.08. The zero-order valence-corrected chi connectivity index (χ0v) is 13.3. The van der Waals surface area contributed by atoms with Gasteiger partial charge in [-0.3, -0.25) is 0 Å². The summed E-state index contributed by atoms with van der Waals surface area (Å²) in [7, 11) is 0. The van der Waals surface area contributed by atoms with E-state index in [1.165, 1.54) is 12.1 Å². The molecule has 1 aliphatic carbocycles. The van der Waals surface area contributed by atoms with Crippen molar-refractivity contribution in [3.8, 4) is 0 Å². The predicted octanol–water partition coefficient (Wildman–Crippen LogP) is 2.13. The molecule has 2 amide bonds. The van der Waals surface area contributed by atoms with Crippen molar-refractivity contribution in [2.75, 3.05) is 6.54 Å². The van der Waals surface area contributed by atoms with Gasteiger partial charge in [0, 0.05) is 18.5 Å². The molecule has 0 aromatic heterocycles. The standard InChI is InChI=1S/C17H24N2O4/c1-17(9-3-2-4-14(17)20)11-19-16(23)18-10-12-5-7-13(8-6-12)15(21)22/h5-8,14,20H,2-4,9-11H2,1H3,(H,21,22)(H2,18,19,23). The van der Waals surface area contributed by atoms with Gasteiger partial charge in [-0.1, -0.05) is 31.9 Å². The summed E-state index contributed by atoms with van der Waals surface area (Å²) in [6, 6.07) is 6.09. The van der Waals surface area contributed by atoms with Gasteiger partial charge in [-0.05, 0) is 30.5 Å². The van der Waals surface area contributed by atoms with Crippen molar-refractivity contribution < 1.29 is 19.8 Å². The molecule has 6 nitrogen and oxygen atoms in total. The first-order chi connectivity index (χ1) is 10.9. The fraction of sp³-hybridized carbons (Fsp3) is 0.529. The Morgan fingerprint density at radius 1 is 1.22 bits per heavy atom. The molecule has 23 heavy (non-hydrogen) atoms. The van der Waals surface area contributed by atoms with Crippen LogP contribution in [0.3, 0.4) is 0 Å². The van der Waals surface area contributed by atoms with E-state index in [9.17, 15) is 14.7 Å². The molecule has 0 heterocycles. The van der Waals surface area contributed by atoms with Crippen LogP contribution in [0.15, 0.2) is 24.3 Å². The second-order valence-electron chi connectivity index (χ2n) is 6.45. The zero-order valence-electron chi connectivity index (χ0n) is 13.3. The summed E-state index contributed by atoms with van der Waals surface area (Å²) >= 11 is 0. The van der Waals surface area contributed by atoms with Crippen LogP contribution in [-0.2, 0) is 6.54 Å². The lowest BCUT2D eigenvalue weighted by atomic mass is 9.73. The first kappa shape index (κ1) is 17.3. The van der Waals surface area contributed by atoms with Crippen LogP contribution >= 0.6 is 0 Å². The van der Waals surface area contributed by atoms with Crippen LogP contribution in [0.1, 0.15) is 48.5 Å². The minimum atomic E-state index is -0.971. The third-order valence-corrected chi connectivity index (χ3v) is 4.59. The van der Waals surface area contributed by atoms with E-state index >= 15 is 0 Å². The van der Waals surface area contributed by atoms with E-state index in [0.29, 0.717) is 13.1 Å². The molecule has 0 radical (unpaired) electrons. The Balaban J connectivity index is 1.77. The number of hydrogen-bond donors (Lipinski definition) is 4. The van der Waals surface area contributed by atoms with Crippen molar-refractivity contribution in [3.05, 3.63) is 35.4 Å². The SMILES string of the molecule is CC1(CNC(=O)NCc2ccc(C(=O)O)cc2)CCCCC1O. The first-order valence-electron chi connectivity index (χ1n) is 7.93. The highest BCUT2D eigenvalue weighted by Gasteiger charge is 2.35. The fourth-order valence-electron chi connectivity index (χ4n) is 2.88. The predicted molar refractivity (Wildman–Crippen MR) is 86.2 cm³/mol. The number of carboxylic acids is 1.